The maximum Gasteiger partial charge on any atom is 0.320 e. The van der Waals surface area contributed by atoms with Crippen molar-refractivity contribution in [1.29, 1.82) is 0 Å². The number of methoxy groups -OCH3 is 1. The number of allylic oxidation sites excluding steroid dienone is 2. The quantitative estimate of drug-likeness (QED) is 0.133. The van der Waals surface area contributed by atoms with Gasteiger partial charge in [-0.15, -0.1) is 0 Å². The molecule has 0 radical (unpaired) electrons. The van der Waals surface area contributed by atoms with E-state index in [0.29, 0.717) is 11.6 Å². The summed E-state index contributed by atoms with van der Waals surface area (Å²) in [4.78, 5) is 36.5. The van der Waals surface area contributed by atoms with Crippen molar-refractivity contribution in [2.75, 3.05) is 20.2 Å². The van der Waals surface area contributed by atoms with E-state index in [-0.39, 0.29) is 32.0 Å². The second-order valence-electron chi connectivity index (χ2n) is 15.2. The molecular weight excluding hydrogens is 640 g/mol. The van der Waals surface area contributed by atoms with Crippen molar-refractivity contribution >= 4 is 17.4 Å². The first-order valence-corrected chi connectivity index (χ1v) is 18.6. The number of aromatic nitrogens is 2. The lowest BCUT2D eigenvalue weighted by atomic mass is 9.71. The van der Waals surface area contributed by atoms with Crippen LogP contribution in [0.3, 0.4) is 0 Å². The van der Waals surface area contributed by atoms with E-state index in [9.17, 15) is 14.7 Å². The number of nitrogens with zero attached hydrogens (tertiary/aromatic N) is 3. The highest BCUT2D eigenvalue weighted by molar-refractivity contribution is 5.78. The predicted molar refractivity (Wildman–Crippen MR) is 200 cm³/mol. The molecule has 0 bridgehead atoms. The Labute approximate surface area is 303 Å². The van der Waals surface area contributed by atoms with Crippen LogP contribution in [-0.4, -0.2) is 63.9 Å². The third-order valence-electron chi connectivity index (χ3n) is 10.4. The van der Waals surface area contributed by atoms with Gasteiger partial charge in [-0.1, -0.05) is 68.7 Å². The van der Waals surface area contributed by atoms with E-state index in [1.807, 2.05) is 48.8 Å². The Morgan fingerprint density at radius 3 is 2.18 bits per heavy atom. The van der Waals surface area contributed by atoms with Crippen LogP contribution in [0.5, 0.6) is 5.75 Å². The number of rotatable bonds is 14. The smallest absolute Gasteiger partial charge is 0.320 e. The minimum absolute atomic E-state index is 0.0485. The summed E-state index contributed by atoms with van der Waals surface area (Å²) >= 11 is 0. The molecule has 51 heavy (non-hydrogen) atoms. The monoisotopic (exact) mass is 696 g/mol. The van der Waals surface area contributed by atoms with Crippen LogP contribution < -0.4 is 10.1 Å². The van der Waals surface area contributed by atoms with Crippen molar-refractivity contribution in [3.63, 3.8) is 0 Å². The predicted octanol–water partition coefficient (Wildman–Crippen LogP) is 7.37. The maximum absolute atomic E-state index is 12.8. The fraction of sp³-hybridized carbons (Fsp3) is 0.524. The van der Waals surface area contributed by atoms with Crippen LogP contribution in [0, 0.1) is 17.8 Å². The molecule has 0 aliphatic heterocycles. The molecule has 2 aliphatic carbocycles. The number of carbonyl (C=O) groups excluding carboxylic acids is 2. The van der Waals surface area contributed by atoms with Gasteiger partial charge in [-0.2, -0.15) is 0 Å². The van der Waals surface area contributed by atoms with Crippen LogP contribution in [0.4, 0.5) is 0 Å². The van der Waals surface area contributed by atoms with Gasteiger partial charge in [0.2, 0.25) is 5.91 Å². The highest BCUT2D eigenvalue weighted by Gasteiger charge is 2.28. The molecule has 1 saturated carbocycles. The Hall–Kier alpha value is -4.08. The summed E-state index contributed by atoms with van der Waals surface area (Å²) in [5.74, 6) is 3.31. The normalized spacial score (nSPS) is 20.0. The van der Waals surface area contributed by atoms with E-state index < -0.39 is 17.8 Å². The van der Waals surface area contributed by atoms with Crippen LogP contribution in [0.2, 0.25) is 0 Å². The van der Waals surface area contributed by atoms with Gasteiger partial charge in [0, 0.05) is 30.1 Å². The molecule has 2 aliphatic rings. The SMILES string of the molecule is CC[C@H]1CC[C@H](C2CC=C(c3cnc(-c4ccc(CN(CC(=O)OC(C)(C)C)C(O)CNC(=O)Cc5ccc(OC)cc5)cc4)nc3)CC2)CC1. The number of esters is 1. The zero-order chi connectivity index (χ0) is 36.4. The van der Waals surface area contributed by atoms with Crippen LogP contribution in [-0.2, 0) is 27.3 Å². The first-order valence-electron chi connectivity index (χ1n) is 18.6. The molecule has 2 atom stereocenters. The number of hydrogen-bond donors (Lipinski definition) is 2. The van der Waals surface area contributed by atoms with Crippen LogP contribution in [0.15, 0.2) is 67.0 Å². The summed E-state index contributed by atoms with van der Waals surface area (Å²) in [5, 5.41) is 13.9. The molecule has 9 nitrogen and oxygen atoms in total. The van der Waals surface area contributed by atoms with E-state index in [0.717, 1.165) is 52.8 Å². The molecule has 2 N–H and O–H groups in total. The minimum atomic E-state index is -1.12. The lowest BCUT2D eigenvalue weighted by Gasteiger charge is -2.35. The number of carbonyl (C=O) groups is 2. The highest BCUT2D eigenvalue weighted by atomic mass is 16.6. The summed E-state index contributed by atoms with van der Waals surface area (Å²) in [6, 6.07) is 15.1. The summed E-state index contributed by atoms with van der Waals surface area (Å²) in [6.07, 6.45) is 15.8. The lowest BCUT2D eigenvalue weighted by Crippen LogP contribution is -2.46. The molecule has 2 unspecified atom stereocenters. The summed E-state index contributed by atoms with van der Waals surface area (Å²) in [5.41, 5.74) is 4.39. The van der Waals surface area contributed by atoms with Crippen molar-refractivity contribution in [3.8, 4) is 17.1 Å². The fourth-order valence-electron chi connectivity index (χ4n) is 7.38. The summed E-state index contributed by atoms with van der Waals surface area (Å²) < 4.78 is 10.7. The van der Waals surface area contributed by atoms with E-state index in [2.05, 4.69) is 18.3 Å². The van der Waals surface area contributed by atoms with E-state index in [1.54, 1.807) is 44.9 Å². The molecule has 0 saturated heterocycles. The molecule has 5 rings (SSSR count). The Balaban J connectivity index is 1.17. The van der Waals surface area contributed by atoms with Gasteiger partial charge >= 0.3 is 5.97 Å². The second kappa shape index (κ2) is 17.9. The van der Waals surface area contributed by atoms with Crippen molar-refractivity contribution in [2.24, 2.45) is 17.8 Å². The second-order valence-corrected chi connectivity index (χ2v) is 15.2. The zero-order valence-electron chi connectivity index (χ0n) is 31.1. The van der Waals surface area contributed by atoms with E-state index in [1.165, 1.54) is 44.1 Å². The van der Waals surface area contributed by atoms with Crippen LogP contribution in [0.25, 0.3) is 17.0 Å². The lowest BCUT2D eigenvalue weighted by molar-refractivity contribution is -0.159. The van der Waals surface area contributed by atoms with Gasteiger partial charge < -0.3 is 19.9 Å². The molecule has 2 aromatic carbocycles. The van der Waals surface area contributed by atoms with Gasteiger partial charge in [0.05, 0.1) is 26.6 Å². The molecule has 1 fully saturated rings. The number of amides is 1. The first-order chi connectivity index (χ1) is 24.5. The van der Waals surface area contributed by atoms with Crippen molar-refractivity contribution in [3.05, 3.63) is 83.7 Å². The van der Waals surface area contributed by atoms with Gasteiger partial charge in [-0.25, -0.2) is 9.97 Å². The highest BCUT2D eigenvalue weighted by Crippen LogP contribution is 2.41. The Bertz CT molecular complexity index is 1590. The van der Waals surface area contributed by atoms with Gasteiger partial charge in [-0.05, 0) is 99.5 Å². The van der Waals surface area contributed by atoms with Gasteiger partial charge in [0.15, 0.2) is 5.82 Å². The first kappa shape index (κ1) is 38.2. The number of aliphatic hydroxyl groups is 1. The molecular formula is C42H56N4O5. The van der Waals surface area contributed by atoms with Crippen molar-refractivity contribution in [1.82, 2.24) is 20.2 Å². The molecule has 1 heterocycles. The maximum atomic E-state index is 12.8. The largest absolute Gasteiger partial charge is 0.497 e. The zero-order valence-corrected chi connectivity index (χ0v) is 31.1. The number of benzene rings is 2. The van der Waals surface area contributed by atoms with Crippen LogP contribution >= 0.6 is 0 Å². The van der Waals surface area contributed by atoms with Gasteiger partial charge in [0.1, 0.15) is 17.6 Å². The Morgan fingerprint density at radius 2 is 1.59 bits per heavy atom. The minimum Gasteiger partial charge on any atom is -0.497 e. The molecule has 1 amide bonds. The molecule has 1 aromatic heterocycles. The van der Waals surface area contributed by atoms with Crippen LogP contribution in [0.1, 0.15) is 95.8 Å². The van der Waals surface area contributed by atoms with E-state index >= 15 is 0 Å². The third kappa shape index (κ3) is 11.5. The van der Waals surface area contributed by atoms with Gasteiger partial charge in [-0.3, -0.25) is 14.5 Å². The topological polar surface area (TPSA) is 114 Å². The fourth-order valence-corrected chi connectivity index (χ4v) is 7.38. The van der Waals surface area contributed by atoms with E-state index in [4.69, 9.17) is 19.4 Å². The number of aliphatic hydroxyl groups excluding tert-OH is 1. The number of ether oxygens (including phenoxy) is 2. The summed E-state index contributed by atoms with van der Waals surface area (Å²) in [7, 11) is 1.59. The van der Waals surface area contributed by atoms with Gasteiger partial charge in [0.25, 0.3) is 0 Å². The number of hydrogen-bond acceptors (Lipinski definition) is 8. The van der Waals surface area contributed by atoms with Crippen molar-refractivity contribution < 1.29 is 24.2 Å². The average molecular weight is 697 g/mol. The Kier molecular flexibility index (Phi) is 13.4. The molecule has 274 valence electrons. The Morgan fingerprint density at radius 1 is 0.922 bits per heavy atom. The summed E-state index contributed by atoms with van der Waals surface area (Å²) in [6.45, 7) is 7.82. The molecule has 9 heteroatoms. The molecule has 3 aromatic rings. The molecule has 0 spiro atoms. The average Bonchev–Trinajstić information content (AvgIpc) is 3.13. The standard InChI is InChI=1S/C42H56N4O5/c1-6-29-7-13-32(14-8-29)33-17-19-34(20-18-33)36-24-44-41(45-25-36)35-15-9-31(10-16-35)27-46(28-40(49)51-42(2,3)4)39(48)26-43-38(47)23-30-11-21-37(50-5)22-12-30/h9-12,15-16,19,21-22,24-25,29,32-33,39,48H,6-8,13-14,17-18,20,23,26-28H2,1-5H3,(H,43,47)/t29-,32-,33?,39?. The van der Waals surface area contributed by atoms with Crippen molar-refractivity contribution in [2.45, 2.75) is 104 Å². The third-order valence-corrected chi connectivity index (χ3v) is 10.4. The number of nitrogens with one attached hydrogen (secondary N) is 1.